The largest absolute Gasteiger partial charge is 0.479 e. The van der Waals surface area contributed by atoms with Gasteiger partial charge in [-0.25, -0.2) is 4.79 Å². The summed E-state index contributed by atoms with van der Waals surface area (Å²) >= 11 is 0. The van der Waals surface area contributed by atoms with Crippen LogP contribution in [-0.2, 0) is 42.9 Å². The number of aliphatic hydroxyl groups is 2. The van der Waals surface area contributed by atoms with Crippen molar-refractivity contribution in [2.75, 3.05) is 13.2 Å². The molecule has 0 aromatic carbocycles. The fraction of sp³-hybridized carbons (Fsp3) is 0.692. The molecule has 0 radical (unpaired) electrons. The van der Waals surface area contributed by atoms with E-state index in [2.05, 4.69) is 118 Å². The van der Waals surface area contributed by atoms with Gasteiger partial charge in [0.1, 0.15) is 18.8 Å². The van der Waals surface area contributed by atoms with Gasteiger partial charge in [0, 0.05) is 19.3 Å². The Kier molecular flexibility index (Phi) is 48.0. The molecular weight excluding hydrogens is 973 g/mol. The number of esters is 3. The fourth-order valence-electron chi connectivity index (χ4n) is 8.48. The molecule has 0 spiro atoms. The van der Waals surface area contributed by atoms with Gasteiger partial charge in [0.2, 0.25) is 0 Å². The molecule has 6 unspecified atom stereocenters. The van der Waals surface area contributed by atoms with Crippen molar-refractivity contribution >= 4 is 23.9 Å². The van der Waals surface area contributed by atoms with E-state index in [4.69, 9.17) is 23.7 Å². The Morgan fingerprint density at radius 1 is 0.442 bits per heavy atom. The van der Waals surface area contributed by atoms with Gasteiger partial charge in [0.15, 0.2) is 24.6 Å². The van der Waals surface area contributed by atoms with Crippen LogP contribution in [0.25, 0.3) is 0 Å². The Labute approximate surface area is 466 Å². The van der Waals surface area contributed by atoms with Crippen LogP contribution < -0.4 is 0 Å². The van der Waals surface area contributed by atoms with E-state index in [1.807, 2.05) is 0 Å². The zero-order chi connectivity index (χ0) is 56.1. The van der Waals surface area contributed by atoms with Crippen molar-refractivity contribution in [2.24, 2.45) is 0 Å². The summed E-state index contributed by atoms with van der Waals surface area (Å²) in [4.78, 5) is 51.2. The van der Waals surface area contributed by atoms with E-state index in [9.17, 15) is 34.5 Å². The minimum atomic E-state index is -1.92. The van der Waals surface area contributed by atoms with E-state index in [1.54, 1.807) is 0 Å². The van der Waals surface area contributed by atoms with Crippen molar-refractivity contribution in [1.29, 1.82) is 0 Å². The van der Waals surface area contributed by atoms with Crippen LogP contribution in [0.4, 0.5) is 0 Å². The van der Waals surface area contributed by atoms with Crippen molar-refractivity contribution in [3.8, 4) is 0 Å². The highest BCUT2D eigenvalue weighted by molar-refractivity contribution is 5.74. The Hall–Kier alpha value is -4.36. The van der Waals surface area contributed by atoms with Gasteiger partial charge < -0.3 is 39.0 Å². The predicted octanol–water partition coefficient (Wildman–Crippen LogP) is 15.7. The number of ether oxygens (including phenoxy) is 5. The first-order valence-corrected chi connectivity index (χ1v) is 30.2. The molecule has 3 N–H and O–H groups in total. The topological polar surface area (TPSA) is 175 Å². The van der Waals surface area contributed by atoms with Gasteiger partial charge >= 0.3 is 23.9 Å². The molecule has 1 saturated heterocycles. The van der Waals surface area contributed by atoms with E-state index in [1.165, 1.54) is 25.7 Å². The third-order valence-electron chi connectivity index (χ3n) is 13.1. The molecule has 438 valence electrons. The smallest absolute Gasteiger partial charge is 0.335 e. The standard InChI is InChI=1S/C65H106O12/c1-4-7-10-13-16-19-22-25-27-28-29-30-32-34-36-39-42-45-48-51-57(66)73-54-56(75-58(67)52-49-46-43-40-38-35-31-26-23-20-17-14-11-8-5-2)55-74-65-63(61(70)60(69)62(77-65)64(71)72)76-59(68)53-50-47-44-41-37-33-24-21-18-15-12-9-6-3/h8,11-12,15-17,19-21,24-27,29-31,56,60-63,65,69-70H,4-7,9-10,13-14,18,22-23,28,32-55H2,1-3H3,(H,71,72)/b11-8-,15-12-,19-16-,20-17-,24-21-,27-25-,30-29-,31-26-. The molecule has 0 bridgehead atoms. The number of carboxylic acid groups (broad SMARTS) is 1. The van der Waals surface area contributed by atoms with Crippen LogP contribution >= 0.6 is 0 Å². The number of carbonyl (C=O) groups is 4. The van der Waals surface area contributed by atoms with E-state index in [0.717, 1.165) is 154 Å². The fourth-order valence-corrected chi connectivity index (χ4v) is 8.48. The zero-order valence-electron chi connectivity index (χ0n) is 48.2. The molecule has 12 heteroatoms. The summed E-state index contributed by atoms with van der Waals surface area (Å²) in [5, 5.41) is 31.5. The molecule has 1 rings (SSSR count). The highest BCUT2D eigenvalue weighted by Gasteiger charge is 2.50. The number of allylic oxidation sites excluding steroid dienone is 16. The van der Waals surface area contributed by atoms with Gasteiger partial charge in [-0.05, 0) is 116 Å². The van der Waals surface area contributed by atoms with Gasteiger partial charge in [-0.15, -0.1) is 0 Å². The Morgan fingerprint density at radius 2 is 0.844 bits per heavy atom. The van der Waals surface area contributed by atoms with Crippen LogP contribution in [-0.4, -0.2) is 89.2 Å². The summed E-state index contributed by atoms with van der Waals surface area (Å²) in [6, 6.07) is 0. The maximum atomic E-state index is 13.2. The minimum absolute atomic E-state index is 0.0366. The first kappa shape index (κ1) is 70.7. The predicted molar refractivity (Wildman–Crippen MR) is 312 cm³/mol. The van der Waals surface area contributed by atoms with Crippen molar-refractivity contribution in [3.63, 3.8) is 0 Å². The third kappa shape index (κ3) is 42.3. The zero-order valence-corrected chi connectivity index (χ0v) is 48.2. The number of hydrogen-bond acceptors (Lipinski definition) is 11. The van der Waals surface area contributed by atoms with E-state index in [-0.39, 0.29) is 25.9 Å². The minimum Gasteiger partial charge on any atom is -0.479 e. The highest BCUT2D eigenvalue weighted by atomic mass is 16.7. The average Bonchev–Trinajstić information content (AvgIpc) is 3.41. The lowest BCUT2D eigenvalue weighted by molar-refractivity contribution is -0.301. The molecule has 6 atom stereocenters. The summed E-state index contributed by atoms with van der Waals surface area (Å²) in [5.41, 5.74) is 0. The van der Waals surface area contributed by atoms with E-state index >= 15 is 0 Å². The SMILES string of the molecule is CC/C=C\C/C=C\C/C=C\CCCCCCCC(=O)OC(COC(=O)CCCCCCCC/C=C\C/C=C\C/C=C\CCCCC)COC1OC(C(=O)O)C(O)C(O)C1OC(=O)CCCCCCC/C=C\C/C=C\CCC. The van der Waals surface area contributed by atoms with Gasteiger partial charge in [0.05, 0.1) is 6.61 Å². The number of hydrogen-bond donors (Lipinski definition) is 3. The molecule has 0 aromatic rings. The molecule has 1 aliphatic rings. The Bertz CT molecular complexity index is 1710. The maximum Gasteiger partial charge on any atom is 0.335 e. The van der Waals surface area contributed by atoms with Crippen molar-refractivity contribution in [1.82, 2.24) is 0 Å². The second kappa shape index (κ2) is 52.3. The van der Waals surface area contributed by atoms with Crippen molar-refractivity contribution in [2.45, 2.75) is 276 Å². The number of aliphatic hydroxyl groups excluding tert-OH is 2. The first-order valence-electron chi connectivity index (χ1n) is 30.2. The normalized spacial score (nSPS) is 18.7. The summed E-state index contributed by atoms with van der Waals surface area (Å²) in [6.45, 7) is 5.75. The summed E-state index contributed by atoms with van der Waals surface area (Å²) in [7, 11) is 0. The van der Waals surface area contributed by atoms with Gasteiger partial charge in [0.25, 0.3) is 0 Å². The summed E-state index contributed by atoms with van der Waals surface area (Å²) < 4.78 is 28.4. The molecule has 77 heavy (non-hydrogen) atoms. The molecule has 1 aliphatic heterocycles. The molecule has 1 heterocycles. The van der Waals surface area contributed by atoms with Crippen LogP contribution in [0.5, 0.6) is 0 Å². The third-order valence-corrected chi connectivity index (χ3v) is 13.1. The van der Waals surface area contributed by atoms with E-state index in [0.29, 0.717) is 19.3 Å². The lowest BCUT2D eigenvalue weighted by Gasteiger charge is -2.40. The molecule has 0 aromatic heterocycles. The molecule has 0 aliphatic carbocycles. The van der Waals surface area contributed by atoms with Crippen LogP contribution in [0.15, 0.2) is 97.2 Å². The molecule has 0 amide bonds. The quantitative estimate of drug-likeness (QED) is 0.0228. The number of carboxylic acids is 1. The van der Waals surface area contributed by atoms with Crippen LogP contribution in [0, 0.1) is 0 Å². The maximum absolute atomic E-state index is 13.2. The second-order valence-electron chi connectivity index (χ2n) is 20.2. The Balaban J connectivity index is 2.71. The number of carbonyl (C=O) groups excluding carboxylic acids is 3. The second-order valence-corrected chi connectivity index (χ2v) is 20.2. The number of aliphatic carboxylic acids is 1. The molecule has 12 nitrogen and oxygen atoms in total. The van der Waals surface area contributed by atoms with Crippen LogP contribution in [0.3, 0.4) is 0 Å². The molecule has 0 saturated carbocycles. The van der Waals surface area contributed by atoms with Crippen LogP contribution in [0.2, 0.25) is 0 Å². The average molecular weight is 1080 g/mol. The summed E-state index contributed by atoms with van der Waals surface area (Å²) in [6.07, 6.45) is 56.6. The molecular formula is C65H106O12. The summed E-state index contributed by atoms with van der Waals surface area (Å²) in [5.74, 6) is -3.18. The lowest BCUT2D eigenvalue weighted by Crippen LogP contribution is -2.61. The van der Waals surface area contributed by atoms with Crippen LogP contribution in [0.1, 0.15) is 239 Å². The monoisotopic (exact) mass is 1080 g/mol. The number of unbranched alkanes of at least 4 members (excludes halogenated alkanes) is 20. The number of rotatable bonds is 50. The van der Waals surface area contributed by atoms with Gasteiger partial charge in [-0.2, -0.15) is 0 Å². The van der Waals surface area contributed by atoms with Crippen molar-refractivity contribution in [3.05, 3.63) is 97.2 Å². The van der Waals surface area contributed by atoms with Gasteiger partial charge in [-0.3, -0.25) is 14.4 Å². The first-order chi connectivity index (χ1) is 37.6. The van der Waals surface area contributed by atoms with Gasteiger partial charge in [-0.1, -0.05) is 201 Å². The molecule has 1 fully saturated rings. The lowest BCUT2D eigenvalue weighted by atomic mass is 9.98. The Morgan fingerprint density at radius 3 is 1.30 bits per heavy atom. The highest BCUT2D eigenvalue weighted by Crippen LogP contribution is 2.26. The van der Waals surface area contributed by atoms with Crippen molar-refractivity contribution < 1.29 is 58.2 Å². The van der Waals surface area contributed by atoms with E-state index < -0.39 is 67.3 Å².